The van der Waals surface area contributed by atoms with Crippen molar-refractivity contribution >= 4 is 29.1 Å². The number of thiocarbonyl (C=S) groups is 1. The third kappa shape index (κ3) is 4.67. The minimum atomic E-state index is -0.435. The van der Waals surface area contributed by atoms with E-state index in [0.29, 0.717) is 0 Å². The molecule has 0 bridgehead atoms. The monoisotopic (exact) mass is 370 g/mol. The number of amides is 2. The number of carbonyl (C=O) groups is 2. The molecule has 1 saturated heterocycles. The van der Waals surface area contributed by atoms with E-state index in [4.69, 9.17) is 12.2 Å². The van der Waals surface area contributed by atoms with Crippen molar-refractivity contribution in [2.24, 2.45) is 5.92 Å². The van der Waals surface area contributed by atoms with Gasteiger partial charge >= 0.3 is 0 Å². The first-order valence-electron chi connectivity index (χ1n) is 8.72. The van der Waals surface area contributed by atoms with Gasteiger partial charge in [0.2, 0.25) is 0 Å². The molecule has 4 nitrogen and oxygen atoms in total. The predicted octanol–water partition coefficient (Wildman–Crippen LogP) is 3.52. The highest BCUT2D eigenvalue weighted by molar-refractivity contribution is 7.80. The van der Waals surface area contributed by atoms with Gasteiger partial charge in [0.25, 0.3) is 11.8 Å². The van der Waals surface area contributed by atoms with Crippen molar-refractivity contribution in [1.29, 1.82) is 0 Å². The molecule has 2 rings (SSSR count). The van der Waals surface area contributed by atoms with Crippen molar-refractivity contribution in [3.8, 4) is 0 Å². The Morgan fingerprint density at radius 3 is 2.38 bits per heavy atom. The highest BCUT2D eigenvalue weighted by Crippen LogP contribution is 2.23. The lowest BCUT2D eigenvalue weighted by Crippen LogP contribution is -2.54. The molecule has 1 atom stereocenters. The minimum Gasteiger partial charge on any atom is -0.298 e. The van der Waals surface area contributed by atoms with Crippen molar-refractivity contribution in [2.75, 3.05) is 6.54 Å². The van der Waals surface area contributed by atoms with E-state index < -0.39 is 5.91 Å². The van der Waals surface area contributed by atoms with E-state index in [0.717, 1.165) is 6.42 Å². The second-order valence-electron chi connectivity index (χ2n) is 7.67. The number of nitrogens with one attached hydrogen (secondary N) is 1. The Kier molecular flexibility index (Phi) is 6.13. The second kappa shape index (κ2) is 7.96. The molecular weight excluding hydrogens is 344 g/mol. The molecule has 26 heavy (non-hydrogen) atoms. The molecule has 0 saturated carbocycles. The molecule has 1 aromatic carbocycles. The summed E-state index contributed by atoms with van der Waals surface area (Å²) in [6.45, 7) is 12.4. The van der Waals surface area contributed by atoms with Gasteiger partial charge in [0.1, 0.15) is 5.57 Å². The second-order valence-corrected chi connectivity index (χ2v) is 8.06. The third-order valence-electron chi connectivity index (χ3n) is 4.33. The van der Waals surface area contributed by atoms with Gasteiger partial charge in [-0.2, -0.15) is 0 Å². The lowest BCUT2D eigenvalue weighted by molar-refractivity contribution is -0.128. The summed E-state index contributed by atoms with van der Waals surface area (Å²) in [6.07, 6.45) is 4.06. The van der Waals surface area contributed by atoms with Crippen molar-refractivity contribution in [2.45, 2.75) is 39.5 Å². The van der Waals surface area contributed by atoms with E-state index in [-0.39, 0.29) is 34.5 Å². The van der Waals surface area contributed by atoms with Crippen LogP contribution in [0.5, 0.6) is 0 Å². The zero-order chi connectivity index (χ0) is 19.5. The molecular formula is C21H26N2O2S. The van der Waals surface area contributed by atoms with Gasteiger partial charge in [-0.3, -0.25) is 19.8 Å². The zero-order valence-electron chi connectivity index (χ0n) is 15.8. The standard InChI is InChI=1S/C21H26N2O2S/c1-6-11-23-19(25)17(18(24)22-20(23)26)13-14(2)12-15-7-9-16(10-8-15)21(3,4)5/h6-10,13-14H,1,11-12H2,2-5H3,(H,22,24,26)/b17-13+. The Morgan fingerprint density at radius 1 is 1.23 bits per heavy atom. The van der Waals surface area contributed by atoms with Gasteiger partial charge in [0.15, 0.2) is 5.11 Å². The van der Waals surface area contributed by atoms with Gasteiger partial charge in [-0.1, -0.05) is 64.1 Å². The fourth-order valence-corrected chi connectivity index (χ4v) is 3.11. The molecule has 1 aliphatic heterocycles. The zero-order valence-corrected chi connectivity index (χ0v) is 16.7. The number of rotatable bonds is 5. The van der Waals surface area contributed by atoms with Crippen LogP contribution in [0.25, 0.3) is 0 Å². The normalized spacial score (nSPS) is 18.1. The number of carbonyl (C=O) groups excluding carboxylic acids is 2. The first kappa shape index (κ1) is 20.0. The summed E-state index contributed by atoms with van der Waals surface area (Å²) in [4.78, 5) is 26.1. The number of nitrogens with zero attached hydrogens (tertiary/aromatic N) is 1. The predicted molar refractivity (Wildman–Crippen MR) is 109 cm³/mol. The van der Waals surface area contributed by atoms with Crippen LogP contribution in [0.1, 0.15) is 38.8 Å². The van der Waals surface area contributed by atoms with Gasteiger partial charge in [-0.25, -0.2) is 0 Å². The van der Waals surface area contributed by atoms with Crippen LogP contribution in [0, 0.1) is 5.92 Å². The quantitative estimate of drug-likeness (QED) is 0.373. The Morgan fingerprint density at radius 2 is 1.85 bits per heavy atom. The van der Waals surface area contributed by atoms with Crippen LogP contribution < -0.4 is 5.32 Å². The maximum absolute atomic E-state index is 12.5. The Labute approximate surface area is 161 Å². The van der Waals surface area contributed by atoms with E-state index in [2.05, 4.69) is 56.9 Å². The highest BCUT2D eigenvalue weighted by atomic mass is 32.1. The maximum Gasteiger partial charge on any atom is 0.265 e. The van der Waals surface area contributed by atoms with Gasteiger partial charge in [-0.15, -0.1) is 6.58 Å². The Bertz CT molecular complexity index is 757. The third-order valence-corrected chi connectivity index (χ3v) is 4.65. The molecule has 1 N–H and O–H groups in total. The van der Waals surface area contributed by atoms with Crippen molar-refractivity contribution in [3.05, 3.63) is 59.7 Å². The number of benzene rings is 1. The Balaban J connectivity index is 2.15. The molecule has 1 fully saturated rings. The van der Waals surface area contributed by atoms with E-state index in [1.165, 1.54) is 16.0 Å². The van der Waals surface area contributed by atoms with Crippen molar-refractivity contribution in [1.82, 2.24) is 10.2 Å². The molecule has 0 aromatic heterocycles. The van der Waals surface area contributed by atoms with E-state index in [9.17, 15) is 9.59 Å². The summed E-state index contributed by atoms with van der Waals surface area (Å²) < 4.78 is 0. The van der Waals surface area contributed by atoms with Crippen LogP contribution in [0.2, 0.25) is 0 Å². The fourth-order valence-electron chi connectivity index (χ4n) is 2.86. The minimum absolute atomic E-state index is 0.0393. The molecule has 0 aliphatic carbocycles. The van der Waals surface area contributed by atoms with Gasteiger partial charge < -0.3 is 0 Å². The molecule has 0 spiro atoms. The molecule has 1 aromatic rings. The van der Waals surface area contributed by atoms with Gasteiger partial charge in [0.05, 0.1) is 0 Å². The molecule has 5 heteroatoms. The molecule has 1 aliphatic rings. The molecule has 1 unspecified atom stereocenters. The topological polar surface area (TPSA) is 49.4 Å². The summed E-state index contributed by atoms with van der Waals surface area (Å²) in [5, 5.41) is 2.70. The van der Waals surface area contributed by atoms with Gasteiger partial charge in [-0.05, 0) is 41.1 Å². The number of hydrogen-bond donors (Lipinski definition) is 1. The van der Waals surface area contributed by atoms with Crippen LogP contribution in [0.3, 0.4) is 0 Å². The maximum atomic E-state index is 12.5. The van der Waals surface area contributed by atoms with Crippen LogP contribution in [-0.2, 0) is 21.4 Å². The SMILES string of the molecule is C=CCN1C(=O)/C(=C/C(C)Cc2ccc(C(C)(C)C)cc2)C(=O)NC1=S. The largest absolute Gasteiger partial charge is 0.298 e. The summed E-state index contributed by atoms with van der Waals surface area (Å²) in [6, 6.07) is 8.49. The van der Waals surface area contributed by atoms with Crippen LogP contribution in [-0.4, -0.2) is 28.4 Å². The smallest absolute Gasteiger partial charge is 0.265 e. The molecule has 1 heterocycles. The first-order chi connectivity index (χ1) is 12.1. The number of hydrogen-bond acceptors (Lipinski definition) is 3. The summed E-state index contributed by atoms with van der Waals surface area (Å²) in [5.41, 5.74) is 2.71. The number of allylic oxidation sites excluding steroid dienone is 1. The molecule has 138 valence electrons. The van der Waals surface area contributed by atoms with Crippen molar-refractivity contribution in [3.63, 3.8) is 0 Å². The van der Waals surface area contributed by atoms with Crippen LogP contribution in [0.4, 0.5) is 0 Å². The molecule has 0 radical (unpaired) electrons. The van der Waals surface area contributed by atoms with E-state index in [1.54, 1.807) is 12.2 Å². The average molecular weight is 371 g/mol. The fraction of sp³-hybridized carbons (Fsp3) is 0.381. The highest BCUT2D eigenvalue weighted by Gasteiger charge is 2.32. The molecule has 2 amide bonds. The van der Waals surface area contributed by atoms with Crippen LogP contribution in [0.15, 0.2) is 48.6 Å². The summed E-state index contributed by atoms with van der Waals surface area (Å²) in [5.74, 6) is -0.763. The average Bonchev–Trinajstić information content (AvgIpc) is 2.55. The Hall–Kier alpha value is -2.27. The van der Waals surface area contributed by atoms with Crippen molar-refractivity contribution < 1.29 is 9.59 Å². The summed E-state index contributed by atoms with van der Waals surface area (Å²) in [7, 11) is 0. The van der Waals surface area contributed by atoms with Gasteiger partial charge in [0, 0.05) is 6.54 Å². The van der Waals surface area contributed by atoms with E-state index >= 15 is 0 Å². The van der Waals surface area contributed by atoms with Crippen LogP contribution >= 0.6 is 12.2 Å². The lowest BCUT2D eigenvalue weighted by atomic mass is 9.86. The summed E-state index contributed by atoms with van der Waals surface area (Å²) >= 11 is 5.06. The van der Waals surface area contributed by atoms with E-state index in [1.807, 2.05) is 6.92 Å². The first-order valence-corrected chi connectivity index (χ1v) is 9.13. The lowest BCUT2D eigenvalue weighted by Gasteiger charge is -2.28.